The average molecular weight is 282 g/mol. The third kappa shape index (κ3) is 3.80. The molecule has 0 aromatic heterocycles. The smallest absolute Gasteiger partial charge is 0.462 e. The zero-order valence-corrected chi connectivity index (χ0v) is 10.2. The lowest BCUT2D eigenvalue weighted by atomic mass is 10.3. The van der Waals surface area contributed by atoms with Crippen molar-refractivity contribution in [2.24, 2.45) is 5.84 Å². The van der Waals surface area contributed by atoms with Gasteiger partial charge in [-0.3, -0.25) is 9.32 Å². The predicted molar refractivity (Wildman–Crippen MR) is 56.7 cm³/mol. The molecule has 1 saturated heterocycles. The summed E-state index contributed by atoms with van der Waals surface area (Å²) in [7, 11) is -4.99. The van der Waals surface area contributed by atoms with Crippen molar-refractivity contribution < 1.29 is 32.3 Å². The third-order valence-electron chi connectivity index (χ3n) is 1.89. The molecule has 1 rings (SSSR count). The summed E-state index contributed by atoms with van der Waals surface area (Å²) in [5.74, 6) is 4.43. The summed E-state index contributed by atoms with van der Waals surface area (Å²) in [6.45, 7) is 2.68. The molecule has 1 aliphatic rings. The number of ether oxygens (including phenoxy) is 2. The first-order valence-corrected chi connectivity index (χ1v) is 6.30. The lowest BCUT2D eigenvalue weighted by molar-refractivity contribution is -0.137. The number of nitrogens with two attached hydrogens (primary N) is 1. The van der Waals surface area contributed by atoms with Crippen LogP contribution in [0.2, 0.25) is 0 Å². The minimum Gasteiger partial charge on any atom is -0.462 e. The summed E-state index contributed by atoms with van der Waals surface area (Å²) in [4.78, 5) is 22.0. The maximum absolute atomic E-state index is 13.4. The Bertz CT molecular complexity index is 403. The van der Waals surface area contributed by atoms with Crippen LogP contribution in [0.25, 0.3) is 0 Å². The number of nitrogens with zero attached hydrogens (tertiary/aromatic N) is 1. The van der Waals surface area contributed by atoms with Crippen molar-refractivity contribution in [2.75, 3.05) is 13.2 Å². The summed E-state index contributed by atoms with van der Waals surface area (Å²) >= 11 is 0. The average Bonchev–Trinajstić information content (AvgIpc) is 2.71. The predicted octanol–water partition coefficient (Wildman–Crippen LogP) is 0.894. The lowest BCUT2D eigenvalue weighted by Crippen LogP contribution is -2.37. The number of halogens is 1. The van der Waals surface area contributed by atoms with Crippen LogP contribution < -0.4 is 5.84 Å². The zero-order chi connectivity index (χ0) is 13.8. The second-order valence-corrected chi connectivity index (χ2v) is 4.87. The summed E-state index contributed by atoms with van der Waals surface area (Å²) < 4.78 is 37.6. The molecule has 8 nitrogen and oxygen atoms in total. The first kappa shape index (κ1) is 14.6. The molecular weight excluding hydrogens is 270 g/mol. The summed E-state index contributed by atoms with van der Waals surface area (Å²) in [6, 6.07) is 0. The number of esters is 1. The fourth-order valence-corrected chi connectivity index (χ4v) is 1.72. The highest BCUT2D eigenvalue weighted by molar-refractivity contribution is 7.51. The van der Waals surface area contributed by atoms with E-state index >= 15 is 0 Å². The van der Waals surface area contributed by atoms with Gasteiger partial charge in [-0.25, -0.2) is 15.2 Å². The lowest BCUT2D eigenvalue weighted by Gasteiger charge is -2.20. The minimum atomic E-state index is -4.99. The third-order valence-corrected chi connectivity index (χ3v) is 3.03. The number of hydrogen-bond acceptors (Lipinski definition) is 7. The molecule has 0 aliphatic carbocycles. The van der Waals surface area contributed by atoms with E-state index in [4.69, 9.17) is 5.84 Å². The highest BCUT2D eigenvalue weighted by Crippen LogP contribution is 2.50. The molecule has 1 aliphatic heterocycles. The number of rotatable bonds is 5. The van der Waals surface area contributed by atoms with Crippen LogP contribution in [0.4, 0.5) is 8.99 Å². The number of carbonyl (C=O) groups excluding carboxylic acids is 2. The fourth-order valence-electron chi connectivity index (χ4n) is 1.07. The van der Waals surface area contributed by atoms with Gasteiger partial charge in [0.15, 0.2) is 0 Å². The number of hydrazine groups is 1. The standard InChI is InChI=1S/C8H12FN2O6P/c1-2-3-16-18(9,14)11(10)8(13)17-6-4-7(12)15-5-6/h2,6H,1,3-5,10H2. The van der Waals surface area contributed by atoms with Crippen molar-refractivity contribution >= 4 is 19.9 Å². The van der Waals surface area contributed by atoms with Crippen molar-refractivity contribution in [3.63, 3.8) is 0 Å². The van der Waals surface area contributed by atoms with Gasteiger partial charge in [0.25, 0.3) is 0 Å². The van der Waals surface area contributed by atoms with Crippen molar-refractivity contribution in [1.82, 2.24) is 4.78 Å². The molecule has 18 heavy (non-hydrogen) atoms. The van der Waals surface area contributed by atoms with Crippen LogP contribution >= 0.6 is 7.83 Å². The van der Waals surface area contributed by atoms with Crippen LogP contribution in [0, 0.1) is 0 Å². The van der Waals surface area contributed by atoms with Gasteiger partial charge in [-0.05, 0) is 0 Å². The van der Waals surface area contributed by atoms with E-state index < -0.39 is 26.0 Å². The molecule has 0 aromatic rings. The van der Waals surface area contributed by atoms with E-state index in [2.05, 4.69) is 20.6 Å². The Morgan fingerprint density at radius 3 is 2.94 bits per heavy atom. The molecule has 1 heterocycles. The Labute approximate surface area is 102 Å². The molecule has 10 heteroatoms. The Hall–Kier alpha value is -1.44. The van der Waals surface area contributed by atoms with Gasteiger partial charge in [0, 0.05) is 0 Å². The van der Waals surface area contributed by atoms with Gasteiger partial charge in [0.2, 0.25) is 0 Å². The Morgan fingerprint density at radius 1 is 1.78 bits per heavy atom. The van der Waals surface area contributed by atoms with Crippen LogP contribution in [0.3, 0.4) is 0 Å². The normalized spacial score (nSPS) is 21.9. The summed E-state index contributed by atoms with van der Waals surface area (Å²) in [6.07, 6.45) is -1.32. The van der Waals surface area contributed by atoms with Gasteiger partial charge >= 0.3 is 19.9 Å². The first-order valence-electron chi connectivity index (χ1n) is 4.83. The van der Waals surface area contributed by atoms with Crippen LogP contribution in [0.1, 0.15) is 6.42 Å². The highest BCUT2D eigenvalue weighted by atomic mass is 31.2. The Morgan fingerprint density at radius 2 is 2.44 bits per heavy atom. The van der Waals surface area contributed by atoms with Crippen molar-refractivity contribution in [2.45, 2.75) is 12.5 Å². The molecule has 0 aromatic carbocycles. The molecule has 0 bridgehead atoms. The highest BCUT2D eigenvalue weighted by Gasteiger charge is 2.38. The molecule has 0 radical (unpaired) electrons. The van der Waals surface area contributed by atoms with E-state index in [1.807, 2.05) is 0 Å². The minimum absolute atomic E-state index is 0.150. The molecule has 2 N–H and O–H groups in total. The van der Waals surface area contributed by atoms with Crippen LogP contribution in [-0.2, 0) is 23.4 Å². The van der Waals surface area contributed by atoms with Gasteiger partial charge in [-0.1, -0.05) is 6.08 Å². The molecule has 1 amide bonds. The van der Waals surface area contributed by atoms with E-state index in [0.29, 0.717) is 0 Å². The second-order valence-electron chi connectivity index (χ2n) is 3.27. The molecule has 1 fully saturated rings. The van der Waals surface area contributed by atoms with Gasteiger partial charge in [-0.2, -0.15) is 0 Å². The van der Waals surface area contributed by atoms with Gasteiger partial charge in [0.1, 0.15) is 12.7 Å². The fraction of sp³-hybridized carbons (Fsp3) is 0.500. The van der Waals surface area contributed by atoms with Crippen LogP contribution in [-0.4, -0.2) is 36.2 Å². The van der Waals surface area contributed by atoms with Gasteiger partial charge in [-0.15, -0.1) is 15.6 Å². The Kier molecular flexibility index (Phi) is 4.83. The van der Waals surface area contributed by atoms with Crippen molar-refractivity contribution in [3.8, 4) is 0 Å². The number of hydrogen-bond donors (Lipinski definition) is 1. The molecule has 0 spiro atoms. The van der Waals surface area contributed by atoms with Crippen molar-refractivity contribution in [3.05, 3.63) is 12.7 Å². The molecule has 2 atom stereocenters. The van der Waals surface area contributed by atoms with Crippen molar-refractivity contribution in [1.29, 1.82) is 0 Å². The van der Waals surface area contributed by atoms with E-state index in [1.54, 1.807) is 0 Å². The zero-order valence-electron chi connectivity index (χ0n) is 9.28. The molecule has 0 saturated carbocycles. The molecule has 102 valence electrons. The topological polar surface area (TPSA) is 108 Å². The summed E-state index contributed by atoms with van der Waals surface area (Å²) in [5.41, 5.74) is 0. The van der Waals surface area contributed by atoms with E-state index in [1.165, 1.54) is 0 Å². The van der Waals surface area contributed by atoms with Crippen LogP contribution in [0.5, 0.6) is 0 Å². The molecular formula is C8H12FN2O6P. The first-order chi connectivity index (χ1) is 8.36. The largest absolute Gasteiger partial charge is 0.492 e. The monoisotopic (exact) mass is 282 g/mol. The maximum atomic E-state index is 13.4. The van der Waals surface area contributed by atoms with E-state index in [9.17, 15) is 18.4 Å². The van der Waals surface area contributed by atoms with Gasteiger partial charge in [0.05, 0.1) is 13.0 Å². The number of cyclic esters (lactones) is 1. The van der Waals surface area contributed by atoms with Crippen LogP contribution in [0.15, 0.2) is 12.7 Å². The molecule has 2 unspecified atom stereocenters. The van der Waals surface area contributed by atoms with E-state index in [0.717, 1.165) is 6.08 Å². The summed E-state index contributed by atoms with van der Waals surface area (Å²) in [5, 5.41) is 0. The SMILES string of the molecule is C=CCOP(=O)(F)N(N)C(=O)OC1COC(=O)C1. The van der Waals surface area contributed by atoms with Gasteiger partial charge < -0.3 is 9.47 Å². The maximum Gasteiger partial charge on any atom is 0.492 e. The number of amides is 1. The second kappa shape index (κ2) is 5.94. The number of carbonyl (C=O) groups is 2. The quantitative estimate of drug-likeness (QED) is 0.199. The Balaban J connectivity index is 2.52. The van der Waals surface area contributed by atoms with E-state index in [-0.39, 0.29) is 24.4 Å².